The molecule has 0 aliphatic carbocycles. The van der Waals surface area contributed by atoms with Crippen LogP contribution in [-0.2, 0) is 14.6 Å². The maximum absolute atomic E-state index is 11.5. The van der Waals surface area contributed by atoms with E-state index in [4.69, 9.17) is 4.74 Å². The smallest absolute Gasteiger partial charge is 0.150 e. The van der Waals surface area contributed by atoms with Gasteiger partial charge < -0.3 is 10.1 Å². The van der Waals surface area contributed by atoms with Crippen molar-refractivity contribution in [3.63, 3.8) is 0 Å². The van der Waals surface area contributed by atoms with Crippen molar-refractivity contribution in [3.05, 3.63) is 0 Å². The maximum Gasteiger partial charge on any atom is 0.150 e. The van der Waals surface area contributed by atoms with E-state index >= 15 is 0 Å². The number of hydrogen-bond acceptors (Lipinski definition) is 4. The SMILES string of the molecule is CCNC(CCCS(=O)(=O)CC)C(CC)OCC. The molecule has 110 valence electrons. The molecule has 0 aromatic heterocycles. The Hall–Kier alpha value is -0.130. The van der Waals surface area contributed by atoms with E-state index in [-0.39, 0.29) is 23.7 Å². The summed E-state index contributed by atoms with van der Waals surface area (Å²) >= 11 is 0. The van der Waals surface area contributed by atoms with Crippen molar-refractivity contribution in [2.24, 2.45) is 0 Å². The predicted molar refractivity (Wildman–Crippen MR) is 76.7 cm³/mol. The Morgan fingerprint density at radius 2 is 1.83 bits per heavy atom. The zero-order valence-corrected chi connectivity index (χ0v) is 13.1. The second kappa shape index (κ2) is 9.75. The minimum atomic E-state index is -2.84. The lowest BCUT2D eigenvalue weighted by molar-refractivity contribution is 0.0299. The van der Waals surface area contributed by atoms with Gasteiger partial charge in [0.1, 0.15) is 9.84 Å². The van der Waals surface area contributed by atoms with Crippen molar-refractivity contribution in [2.45, 2.75) is 59.1 Å². The highest BCUT2D eigenvalue weighted by molar-refractivity contribution is 7.91. The summed E-state index contributed by atoms with van der Waals surface area (Å²) in [4.78, 5) is 0. The summed E-state index contributed by atoms with van der Waals surface area (Å²) in [5, 5.41) is 3.40. The first-order valence-corrected chi connectivity index (χ1v) is 8.88. The minimum Gasteiger partial charge on any atom is -0.377 e. The molecule has 0 aliphatic rings. The molecule has 0 saturated heterocycles. The molecule has 2 atom stereocenters. The Labute approximate surface area is 112 Å². The Bertz CT molecular complexity index is 291. The predicted octanol–water partition coefficient (Wildman–Crippen LogP) is 1.99. The molecule has 0 aliphatic heterocycles. The van der Waals surface area contributed by atoms with Crippen LogP contribution in [0.5, 0.6) is 0 Å². The molecule has 0 aromatic rings. The topological polar surface area (TPSA) is 55.4 Å². The molecule has 0 amide bonds. The van der Waals surface area contributed by atoms with E-state index in [1.165, 1.54) is 0 Å². The Morgan fingerprint density at radius 3 is 2.28 bits per heavy atom. The molecule has 0 heterocycles. The second-order valence-electron chi connectivity index (χ2n) is 4.44. The van der Waals surface area contributed by atoms with Crippen LogP contribution in [0.1, 0.15) is 47.0 Å². The van der Waals surface area contributed by atoms with Crippen LogP contribution in [0.3, 0.4) is 0 Å². The number of likely N-dealkylation sites (N-methyl/N-ethyl adjacent to an activating group) is 1. The fourth-order valence-electron chi connectivity index (χ4n) is 2.08. The monoisotopic (exact) mass is 279 g/mol. The largest absolute Gasteiger partial charge is 0.377 e. The fraction of sp³-hybridized carbons (Fsp3) is 1.00. The molecular formula is C13H29NO3S. The van der Waals surface area contributed by atoms with Crippen LogP contribution in [0.15, 0.2) is 0 Å². The molecular weight excluding hydrogens is 250 g/mol. The minimum absolute atomic E-state index is 0.180. The number of hydrogen-bond donors (Lipinski definition) is 1. The normalized spacial score (nSPS) is 15.6. The molecule has 0 radical (unpaired) electrons. The van der Waals surface area contributed by atoms with Crippen molar-refractivity contribution in [3.8, 4) is 0 Å². The summed E-state index contributed by atoms with van der Waals surface area (Å²) in [6.45, 7) is 9.45. The van der Waals surface area contributed by atoms with Gasteiger partial charge in [-0.1, -0.05) is 20.8 Å². The van der Waals surface area contributed by atoms with Crippen LogP contribution >= 0.6 is 0 Å². The molecule has 1 N–H and O–H groups in total. The zero-order valence-electron chi connectivity index (χ0n) is 12.2. The van der Waals surface area contributed by atoms with Crippen LogP contribution in [0.25, 0.3) is 0 Å². The quantitative estimate of drug-likeness (QED) is 0.628. The van der Waals surface area contributed by atoms with E-state index in [1.54, 1.807) is 6.92 Å². The van der Waals surface area contributed by atoms with Gasteiger partial charge in [0.15, 0.2) is 0 Å². The standard InChI is InChI=1S/C13H29NO3S/c1-5-13(17-7-3)12(14-6-2)10-9-11-18(15,16)8-4/h12-14H,5-11H2,1-4H3. The summed E-state index contributed by atoms with van der Waals surface area (Å²) in [6.07, 6.45) is 2.69. The number of nitrogens with one attached hydrogen (secondary N) is 1. The van der Waals surface area contributed by atoms with Crippen molar-refractivity contribution >= 4 is 9.84 Å². The van der Waals surface area contributed by atoms with E-state index in [2.05, 4.69) is 19.2 Å². The first-order valence-electron chi connectivity index (χ1n) is 7.06. The Morgan fingerprint density at radius 1 is 1.17 bits per heavy atom. The first kappa shape index (κ1) is 17.9. The van der Waals surface area contributed by atoms with E-state index in [9.17, 15) is 8.42 Å². The van der Waals surface area contributed by atoms with E-state index in [0.29, 0.717) is 13.0 Å². The van der Waals surface area contributed by atoms with Gasteiger partial charge in [-0.2, -0.15) is 0 Å². The van der Waals surface area contributed by atoms with E-state index in [0.717, 1.165) is 19.4 Å². The molecule has 2 unspecified atom stereocenters. The number of rotatable bonds is 11. The maximum atomic E-state index is 11.5. The molecule has 5 heteroatoms. The first-order chi connectivity index (χ1) is 8.50. The molecule has 0 bridgehead atoms. The lowest BCUT2D eigenvalue weighted by atomic mass is 10.0. The lowest BCUT2D eigenvalue weighted by Crippen LogP contribution is -2.41. The van der Waals surface area contributed by atoms with Crippen LogP contribution in [0.4, 0.5) is 0 Å². The second-order valence-corrected chi connectivity index (χ2v) is 6.92. The summed E-state index contributed by atoms with van der Waals surface area (Å²) in [6, 6.07) is 0.256. The average molecular weight is 279 g/mol. The molecule has 0 fully saturated rings. The third-order valence-electron chi connectivity index (χ3n) is 3.11. The molecule has 0 rings (SSSR count). The van der Waals surface area contributed by atoms with Gasteiger partial charge in [0.2, 0.25) is 0 Å². The Balaban J connectivity index is 4.26. The van der Waals surface area contributed by atoms with Crippen molar-refractivity contribution < 1.29 is 13.2 Å². The van der Waals surface area contributed by atoms with E-state index < -0.39 is 9.84 Å². The fourth-order valence-corrected chi connectivity index (χ4v) is 2.98. The molecule has 18 heavy (non-hydrogen) atoms. The Kier molecular flexibility index (Phi) is 9.68. The van der Waals surface area contributed by atoms with Gasteiger partial charge in [-0.25, -0.2) is 8.42 Å². The molecule has 0 spiro atoms. The molecule has 4 nitrogen and oxygen atoms in total. The van der Waals surface area contributed by atoms with Gasteiger partial charge in [-0.05, 0) is 32.7 Å². The van der Waals surface area contributed by atoms with E-state index in [1.807, 2.05) is 6.92 Å². The van der Waals surface area contributed by atoms with Crippen LogP contribution in [0.2, 0.25) is 0 Å². The summed E-state index contributed by atoms with van der Waals surface area (Å²) < 4.78 is 28.6. The summed E-state index contributed by atoms with van der Waals surface area (Å²) in [7, 11) is -2.84. The van der Waals surface area contributed by atoms with Gasteiger partial charge in [0, 0.05) is 18.4 Å². The summed E-state index contributed by atoms with van der Waals surface area (Å²) in [5.74, 6) is 0.523. The van der Waals surface area contributed by atoms with Gasteiger partial charge in [0.25, 0.3) is 0 Å². The van der Waals surface area contributed by atoms with Crippen molar-refractivity contribution in [1.82, 2.24) is 5.32 Å². The molecule has 0 saturated carbocycles. The van der Waals surface area contributed by atoms with Crippen LogP contribution in [0, 0.1) is 0 Å². The highest BCUT2D eigenvalue weighted by Gasteiger charge is 2.20. The van der Waals surface area contributed by atoms with Gasteiger partial charge in [0.05, 0.1) is 11.9 Å². The van der Waals surface area contributed by atoms with Crippen LogP contribution in [-0.4, -0.2) is 45.2 Å². The average Bonchev–Trinajstić information content (AvgIpc) is 2.35. The highest BCUT2D eigenvalue weighted by atomic mass is 32.2. The number of sulfone groups is 1. The van der Waals surface area contributed by atoms with Gasteiger partial charge in [-0.15, -0.1) is 0 Å². The van der Waals surface area contributed by atoms with Crippen molar-refractivity contribution in [2.75, 3.05) is 24.7 Å². The van der Waals surface area contributed by atoms with Gasteiger partial charge in [-0.3, -0.25) is 0 Å². The molecule has 0 aromatic carbocycles. The number of ether oxygens (including phenoxy) is 1. The lowest BCUT2D eigenvalue weighted by Gasteiger charge is -2.26. The summed E-state index contributed by atoms with van der Waals surface area (Å²) in [5.41, 5.74) is 0. The highest BCUT2D eigenvalue weighted by Crippen LogP contribution is 2.11. The van der Waals surface area contributed by atoms with Gasteiger partial charge >= 0.3 is 0 Å². The van der Waals surface area contributed by atoms with Crippen molar-refractivity contribution in [1.29, 1.82) is 0 Å². The van der Waals surface area contributed by atoms with Crippen LogP contribution < -0.4 is 5.32 Å². The third-order valence-corrected chi connectivity index (χ3v) is 4.90. The zero-order chi connectivity index (χ0) is 14.0. The third kappa shape index (κ3) is 7.34.